The second kappa shape index (κ2) is 12.8. The number of carbonyl (C=O) groups excluding carboxylic acids is 1. The first-order valence-electron chi connectivity index (χ1n) is 13.2. The molecule has 2 aromatic rings. The summed E-state index contributed by atoms with van der Waals surface area (Å²) in [6.07, 6.45) is 0.396. The van der Waals surface area contributed by atoms with E-state index in [4.69, 9.17) is 23.5 Å². The van der Waals surface area contributed by atoms with Gasteiger partial charge in [0.05, 0.1) is 34.0 Å². The zero-order chi connectivity index (χ0) is 29.9. The smallest absolute Gasteiger partial charge is 0.330 e. The number of hydrogen-bond acceptors (Lipinski definition) is 10. The summed E-state index contributed by atoms with van der Waals surface area (Å²) in [6.45, 7) is 5.63. The van der Waals surface area contributed by atoms with Gasteiger partial charge in [-0.25, -0.2) is 9.46 Å². The number of nitrogens with one attached hydrogen (secondary N) is 1. The summed E-state index contributed by atoms with van der Waals surface area (Å²) < 4.78 is 44.8. The summed E-state index contributed by atoms with van der Waals surface area (Å²) in [5.74, 6) is 0.978. The molecule has 0 spiro atoms. The minimum absolute atomic E-state index is 0.0519. The lowest BCUT2D eigenvalue weighted by Crippen LogP contribution is -2.49. The van der Waals surface area contributed by atoms with Crippen LogP contribution in [0.3, 0.4) is 0 Å². The molecule has 14 nitrogen and oxygen atoms in total. The molecule has 1 N–H and O–H groups in total. The van der Waals surface area contributed by atoms with Crippen molar-refractivity contribution in [2.24, 2.45) is 0 Å². The Morgan fingerprint density at radius 2 is 1.68 bits per heavy atom. The first kappa shape index (κ1) is 30.8. The second-order valence-corrected chi connectivity index (χ2v) is 12.6. The van der Waals surface area contributed by atoms with E-state index in [2.05, 4.69) is 4.98 Å². The van der Waals surface area contributed by atoms with Crippen LogP contribution in [0.4, 0.5) is 0 Å². The Balaban J connectivity index is 1.36. The van der Waals surface area contributed by atoms with Crippen LogP contribution in [-0.2, 0) is 13.8 Å². The van der Waals surface area contributed by atoms with Gasteiger partial charge in [0.15, 0.2) is 17.7 Å². The van der Waals surface area contributed by atoms with Gasteiger partial charge < -0.3 is 28.4 Å². The summed E-state index contributed by atoms with van der Waals surface area (Å²) in [6, 6.07) is 3.22. The molecule has 226 valence electrons. The molecule has 0 radical (unpaired) electrons. The quantitative estimate of drug-likeness (QED) is 0.415. The van der Waals surface area contributed by atoms with Crippen LogP contribution in [0.1, 0.15) is 22.1 Å². The third kappa shape index (κ3) is 6.84. The molecule has 15 heteroatoms. The van der Waals surface area contributed by atoms with Crippen LogP contribution >= 0.6 is 7.52 Å². The number of piperazine rings is 1. The van der Waals surface area contributed by atoms with Crippen LogP contribution < -0.4 is 25.5 Å². The number of aromatic nitrogens is 2. The number of hydrogen-bond donors (Lipinski definition) is 1. The number of benzene rings is 1. The number of nitrogens with zero attached hydrogens (tertiary/aromatic N) is 4. The largest absolute Gasteiger partial charge is 0.493 e. The zero-order valence-corrected chi connectivity index (χ0v) is 25.1. The monoisotopic (exact) mass is 595 g/mol. The highest BCUT2D eigenvalue weighted by molar-refractivity contribution is 7.55. The summed E-state index contributed by atoms with van der Waals surface area (Å²) in [4.78, 5) is 43.4. The topological polar surface area (TPSA) is 145 Å². The molecule has 1 aromatic heterocycles. The Morgan fingerprint density at radius 3 is 2.27 bits per heavy atom. The van der Waals surface area contributed by atoms with Crippen molar-refractivity contribution in [2.45, 2.75) is 19.3 Å². The van der Waals surface area contributed by atoms with Crippen LogP contribution in [0.5, 0.6) is 17.2 Å². The Bertz CT molecular complexity index is 1390. The van der Waals surface area contributed by atoms with Crippen molar-refractivity contribution in [3.63, 3.8) is 0 Å². The van der Waals surface area contributed by atoms with E-state index in [9.17, 15) is 18.9 Å². The van der Waals surface area contributed by atoms with Gasteiger partial charge in [-0.1, -0.05) is 0 Å². The van der Waals surface area contributed by atoms with Gasteiger partial charge in [-0.3, -0.25) is 28.6 Å². The summed E-state index contributed by atoms with van der Waals surface area (Å²) in [5, 5.41) is 0. The van der Waals surface area contributed by atoms with E-state index < -0.39 is 31.1 Å². The van der Waals surface area contributed by atoms with E-state index >= 15 is 0 Å². The minimum atomic E-state index is -3.21. The third-order valence-electron chi connectivity index (χ3n) is 7.26. The van der Waals surface area contributed by atoms with Crippen molar-refractivity contribution in [2.75, 3.05) is 80.9 Å². The Hall–Kier alpha value is -3.16. The Morgan fingerprint density at radius 1 is 1.05 bits per heavy atom. The summed E-state index contributed by atoms with van der Waals surface area (Å²) in [7, 11) is 3.16. The molecule has 0 aliphatic carbocycles. The number of ether oxygens (including phenoxy) is 4. The van der Waals surface area contributed by atoms with Crippen LogP contribution in [0.25, 0.3) is 0 Å². The number of rotatable bonds is 9. The molecule has 41 heavy (non-hydrogen) atoms. The average Bonchev–Trinajstić information content (AvgIpc) is 2.96. The molecule has 3 atom stereocenters. The zero-order valence-electron chi connectivity index (χ0n) is 24.2. The Labute approximate surface area is 238 Å². The number of H-pyrrole nitrogens is 1. The number of aromatic amines is 1. The lowest BCUT2D eigenvalue weighted by atomic mass is 10.1. The van der Waals surface area contributed by atoms with Gasteiger partial charge in [0.1, 0.15) is 0 Å². The molecule has 2 fully saturated rings. The van der Waals surface area contributed by atoms with E-state index in [-0.39, 0.29) is 12.5 Å². The molecule has 4 rings (SSSR count). The fourth-order valence-corrected chi connectivity index (χ4v) is 6.51. The molecular formula is C26H38N5O9P. The van der Waals surface area contributed by atoms with Crippen LogP contribution in [0.15, 0.2) is 27.9 Å². The maximum Gasteiger partial charge on any atom is 0.330 e. The fourth-order valence-electron chi connectivity index (χ4n) is 5.00. The molecule has 0 bridgehead atoms. The highest BCUT2D eigenvalue weighted by Crippen LogP contribution is 2.47. The SMILES string of the molecule is COc1cc(C(=O)N2CCN(P(C)(=O)OC[C@@H]3CN(C)CC(n4cc(C)c(=O)[nH]c4=O)O3)CC2)cc(OC)c1OC. The van der Waals surface area contributed by atoms with E-state index in [1.165, 1.54) is 32.1 Å². The van der Waals surface area contributed by atoms with Crippen LogP contribution in [0.2, 0.25) is 0 Å². The molecule has 2 unspecified atom stereocenters. The number of aryl methyl sites for hydroxylation is 1. The average molecular weight is 596 g/mol. The van der Waals surface area contributed by atoms with Gasteiger partial charge in [0, 0.05) is 63.3 Å². The molecule has 1 aromatic carbocycles. The third-order valence-corrected chi connectivity index (χ3v) is 9.31. The molecule has 1 amide bonds. The summed E-state index contributed by atoms with van der Waals surface area (Å²) >= 11 is 0. The second-order valence-electron chi connectivity index (χ2n) is 10.2. The van der Waals surface area contributed by atoms with Crippen molar-refractivity contribution in [1.29, 1.82) is 0 Å². The Kier molecular flexibility index (Phi) is 9.60. The maximum absolute atomic E-state index is 13.6. The lowest BCUT2D eigenvalue weighted by Gasteiger charge is -2.39. The van der Waals surface area contributed by atoms with Gasteiger partial charge in [-0.15, -0.1) is 0 Å². The van der Waals surface area contributed by atoms with Gasteiger partial charge in [-0.2, -0.15) is 0 Å². The lowest BCUT2D eigenvalue weighted by molar-refractivity contribution is -0.128. The van der Waals surface area contributed by atoms with Gasteiger partial charge in [0.2, 0.25) is 5.75 Å². The molecule has 0 saturated carbocycles. The van der Waals surface area contributed by atoms with Crippen LogP contribution in [0, 0.1) is 6.92 Å². The molecular weight excluding hydrogens is 557 g/mol. The molecule has 2 saturated heterocycles. The normalized spacial score (nSPS) is 21.8. The maximum atomic E-state index is 13.6. The van der Waals surface area contributed by atoms with Crippen molar-refractivity contribution in [1.82, 2.24) is 24.0 Å². The van der Waals surface area contributed by atoms with E-state index in [1.54, 1.807) is 35.3 Å². The van der Waals surface area contributed by atoms with Crippen LogP contribution in [-0.4, -0.2) is 117 Å². The number of morpholine rings is 1. The van der Waals surface area contributed by atoms with Crippen molar-refractivity contribution >= 4 is 13.4 Å². The standard InChI is InChI=1S/C26H38N5O9P/c1-17-13-31(26(34)27-24(17)32)22-15-28(2)14-19(40-22)16-39-41(6,35)30-9-7-29(8-10-30)25(33)18-11-20(36-3)23(38-5)21(12-18)37-4/h11-13,19,22H,7-10,14-16H2,1-6H3,(H,27,32,34)/t19-,22?,41?/m0/s1. The predicted molar refractivity (Wildman–Crippen MR) is 151 cm³/mol. The minimum Gasteiger partial charge on any atom is -0.493 e. The van der Waals surface area contributed by atoms with Gasteiger partial charge >= 0.3 is 5.69 Å². The van der Waals surface area contributed by atoms with Crippen molar-refractivity contribution in [3.8, 4) is 17.2 Å². The van der Waals surface area contributed by atoms with Crippen molar-refractivity contribution < 1.29 is 32.8 Å². The van der Waals surface area contributed by atoms with Gasteiger partial charge in [0.25, 0.3) is 19.0 Å². The number of amides is 1. The fraction of sp³-hybridized carbons (Fsp3) is 0.577. The first-order valence-corrected chi connectivity index (χ1v) is 15.2. The molecule has 3 heterocycles. The highest BCUT2D eigenvalue weighted by atomic mass is 31.2. The number of likely N-dealkylation sites (N-methyl/N-ethyl adjacent to an activating group) is 1. The van der Waals surface area contributed by atoms with E-state index in [0.717, 1.165) is 0 Å². The highest BCUT2D eigenvalue weighted by Gasteiger charge is 2.35. The molecule has 2 aliphatic heterocycles. The number of methoxy groups -OCH3 is 3. The van der Waals surface area contributed by atoms with E-state index in [1.807, 2.05) is 11.9 Å². The summed E-state index contributed by atoms with van der Waals surface area (Å²) in [5.41, 5.74) is -0.197. The molecule has 2 aliphatic rings. The first-order chi connectivity index (χ1) is 19.5. The van der Waals surface area contributed by atoms with Crippen molar-refractivity contribution in [3.05, 3.63) is 50.3 Å². The van der Waals surface area contributed by atoms with E-state index in [0.29, 0.717) is 67.6 Å². The van der Waals surface area contributed by atoms with Gasteiger partial charge in [-0.05, 0) is 26.1 Å². The number of carbonyl (C=O) groups is 1. The predicted octanol–water partition coefficient (Wildman–Crippen LogP) is 0.998.